The van der Waals surface area contributed by atoms with Gasteiger partial charge >= 0.3 is 0 Å². The van der Waals surface area contributed by atoms with Gasteiger partial charge in [0.05, 0.1) is 0 Å². The highest BCUT2D eigenvalue weighted by molar-refractivity contribution is 4.95. The molecule has 1 heteroatoms. The van der Waals surface area contributed by atoms with E-state index in [4.69, 9.17) is 0 Å². The van der Waals surface area contributed by atoms with E-state index in [0.717, 1.165) is 19.5 Å². The highest BCUT2D eigenvalue weighted by Gasteiger charge is 2.07. The van der Waals surface area contributed by atoms with Gasteiger partial charge < -0.3 is 5.32 Å². The standard InChI is InChI=1S/C10H19N/c1-5-6-7-8-11-9-10(2,3)4/h11H,7-9H2,1-4H3. The van der Waals surface area contributed by atoms with Crippen LogP contribution in [-0.2, 0) is 0 Å². The fraction of sp³-hybridized carbons (Fsp3) is 0.800. The quantitative estimate of drug-likeness (QED) is 0.483. The lowest BCUT2D eigenvalue weighted by atomic mass is 9.97. The van der Waals surface area contributed by atoms with E-state index in [2.05, 4.69) is 37.9 Å². The summed E-state index contributed by atoms with van der Waals surface area (Å²) in [7, 11) is 0. The zero-order valence-electron chi connectivity index (χ0n) is 8.12. The average Bonchev–Trinajstić information content (AvgIpc) is 1.85. The third-order valence-electron chi connectivity index (χ3n) is 1.26. The monoisotopic (exact) mass is 153 g/mol. The summed E-state index contributed by atoms with van der Waals surface area (Å²) in [6.07, 6.45) is 0.965. The van der Waals surface area contributed by atoms with Crippen molar-refractivity contribution in [1.29, 1.82) is 0 Å². The Bertz CT molecular complexity index is 142. The van der Waals surface area contributed by atoms with Gasteiger partial charge in [0.25, 0.3) is 0 Å². The maximum Gasteiger partial charge on any atom is 0.0214 e. The largest absolute Gasteiger partial charge is 0.315 e. The molecule has 0 amide bonds. The van der Waals surface area contributed by atoms with E-state index in [1.54, 1.807) is 0 Å². The van der Waals surface area contributed by atoms with Gasteiger partial charge in [-0.2, -0.15) is 0 Å². The summed E-state index contributed by atoms with van der Waals surface area (Å²) in [5.74, 6) is 5.90. The van der Waals surface area contributed by atoms with Crippen molar-refractivity contribution in [3.05, 3.63) is 0 Å². The first-order chi connectivity index (χ1) is 5.06. The minimum Gasteiger partial charge on any atom is -0.315 e. The molecule has 1 N–H and O–H groups in total. The molecular formula is C10H19N. The molecule has 0 aliphatic carbocycles. The van der Waals surface area contributed by atoms with Crippen LogP contribution in [0.1, 0.15) is 34.1 Å². The molecule has 0 unspecified atom stereocenters. The van der Waals surface area contributed by atoms with Crippen LogP contribution in [0.3, 0.4) is 0 Å². The summed E-state index contributed by atoms with van der Waals surface area (Å²) in [5, 5.41) is 3.36. The molecule has 64 valence electrons. The molecule has 0 bridgehead atoms. The lowest BCUT2D eigenvalue weighted by Gasteiger charge is -2.18. The van der Waals surface area contributed by atoms with Crippen LogP contribution in [0.4, 0.5) is 0 Å². The Balaban J connectivity index is 3.19. The molecule has 0 rings (SSSR count). The lowest BCUT2D eigenvalue weighted by Crippen LogP contribution is -2.27. The third-order valence-corrected chi connectivity index (χ3v) is 1.26. The Labute approximate surface area is 70.6 Å². The number of hydrogen-bond donors (Lipinski definition) is 1. The Kier molecular flexibility index (Phi) is 4.98. The topological polar surface area (TPSA) is 12.0 Å². The molecule has 0 heterocycles. The maximum atomic E-state index is 3.36. The van der Waals surface area contributed by atoms with Crippen molar-refractivity contribution in [2.75, 3.05) is 13.1 Å². The molecule has 11 heavy (non-hydrogen) atoms. The van der Waals surface area contributed by atoms with Crippen molar-refractivity contribution in [1.82, 2.24) is 5.32 Å². The number of hydrogen-bond acceptors (Lipinski definition) is 1. The molecule has 1 nitrogen and oxygen atoms in total. The summed E-state index contributed by atoms with van der Waals surface area (Å²) in [4.78, 5) is 0. The molecule has 0 aliphatic heterocycles. The first kappa shape index (κ1) is 10.5. The Morgan fingerprint density at radius 1 is 1.27 bits per heavy atom. The van der Waals surface area contributed by atoms with E-state index in [9.17, 15) is 0 Å². The van der Waals surface area contributed by atoms with Crippen LogP contribution in [-0.4, -0.2) is 13.1 Å². The van der Waals surface area contributed by atoms with Crippen LogP contribution >= 0.6 is 0 Å². The molecule has 0 spiro atoms. The van der Waals surface area contributed by atoms with Crippen LogP contribution in [0.2, 0.25) is 0 Å². The van der Waals surface area contributed by atoms with E-state index >= 15 is 0 Å². The SMILES string of the molecule is CC#CCCNCC(C)(C)C. The van der Waals surface area contributed by atoms with E-state index in [1.807, 2.05) is 6.92 Å². The van der Waals surface area contributed by atoms with Crippen molar-refractivity contribution >= 4 is 0 Å². The molecule has 0 atom stereocenters. The first-order valence-corrected chi connectivity index (χ1v) is 4.16. The summed E-state index contributed by atoms with van der Waals surface area (Å²) in [6.45, 7) is 10.6. The highest BCUT2D eigenvalue weighted by atomic mass is 14.9. The van der Waals surface area contributed by atoms with Gasteiger partial charge in [-0.15, -0.1) is 11.8 Å². The van der Waals surface area contributed by atoms with Crippen LogP contribution in [0, 0.1) is 17.3 Å². The van der Waals surface area contributed by atoms with Crippen LogP contribution in [0.25, 0.3) is 0 Å². The van der Waals surface area contributed by atoms with Gasteiger partial charge in [0.1, 0.15) is 0 Å². The lowest BCUT2D eigenvalue weighted by molar-refractivity contribution is 0.383. The molecule has 0 aromatic carbocycles. The Morgan fingerprint density at radius 3 is 2.36 bits per heavy atom. The molecule has 0 aromatic heterocycles. The van der Waals surface area contributed by atoms with Gasteiger partial charge in [-0.1, -0.05) is 20.8 Å². The van der Waals surface area contributed by atoms with Crippen molar-refractivity contribution in [2.24, 2.45) is 5.41 Å². The molecule has 0 saturated carbocycles. The molecule has 0 saturated heterocycles. The van der Waals surface area contributed by atoms with E-state index in [-0.39, 0.29) is 0 Å². The predicted octanol–water partition coefficient (Wildman–Crippen LogP) is 2.04. The first-order valence-electron chi connectivity index (χ1n) is 4.16. The van der Waals surface area contributed by atoms with Crippen molar-refractivity contribution in [2.45, 2.75) is 34.1 Å². The van der Waals surface area contributed by atoms with Crippen molar-refractivity contribution < 1.29 is 0 Å². The van der Waals surface area contributed by atoms with Gasteiger partial charge in [0.15, 0.2) is 0 Å². The zero-order valence-corrected chi connectivity index (χ0v) is 8.12. The zero-order chi connectivity index (χ0) is 8.74. The second-order valence-electron chi connectivity index (χ2n) is 3.91. The minimum absolute atomic E-state index is 0.389. The van der Waals surface area contributed by atoms with Gasteiger partial charge in [0, 0.05) is 19.5 Å². The van der Waals surface area contributed by atoms with Crippen LogP contribution in [0.5, 0.6) is 0 Å². The van der Waals surface area contributed by atoms with Gasteiger partial charge in [-0.25, -0.2) is 0 Å². The second kappa shape index (κ2) is 5.21. The predicted molar refractivity (Wildman–Crippen MR) is 50.4 cm³/mol. The highest BCUT2D eigenvalue weighted by Crippen LogP contribution is 2.09. The van der Waals surface area contributed by atoms with Crippen LogP contribution in [0.15, 0.2) is 0 Å². The fourth-order valence-electron chi connectivity index (χ4n) is 0.739. The molecule has 0 aromatic rings. The van der Waals surface area contributed by atoms with E-state index < -0.39 is 0 Å². The van der Waals surface area contributed by atoms with Crippen LogP contribution < -0.4 is 5.32 Å². The Morgan fingerprint density at radius 2 is 1.91 bits per heavy atom. The van der Waals surface area contributed by atoms with Gasteiger partial charge in [-0.05, 0) is 12.3 Å². The summed E-state index contributed by atoms with van der Waals surface area (Å²) in [6, 6.07) is 0. The second-order valence-corrected chi connectivity index (χ2v) is 3.91. The summed E-state index contributed by atoms with van der Waals surface area (Å²) >= 11 is 0. The third kappa shape index (κ3) is 9.52. The molecular weight excluding hydrogens is 134 g/mol. The normalized spacial score (nSPS) is 10.5. The molecule has 0 fully saturated rings. The summed E-state index contributed by atoms with van der Waals surface area (Å²) in [5.41, 5.74) is 0.389. The average molecular weight is 153 g/mol. The summed E-state index contributed by atoms with van der Waals surface area (Å²) < 4.78 is 0. The molecule has 0 radical (unpaired) electrons. The number of nitrogens with one attached hydrogen (secondary N) is 1. The van der Waals surface area contributed by atoms with Gasteiger partial charge in [0.2, 0.25) is 0 Å². The minimum atomic E-state index is 0.389. The smallest absolute Gasteiger partial charge is 0.0214 e. The van der Waals surface area contributed by atoms with Crippen molar-refractivity contribution in [3.63, 3.8) is 0 Å². The number of rotatable bonds is 3. The Hall–Kier alpha value is -0.480. The fourth-order valence-corrected chi connectivity index (χ4v) is 0.739. The van der Waals surface area contributed by atoms with Gasteiger partial charge in [-0.3, -0.25) is 0 Å². The maximum absolute atomic E-state index is 3.36. The van der Waals surface area contributed by atoms with Crippen molar-refractivity contribution in [3.8, 4) is 11.8 Å². The van der Waals surface area contributed by atoms with E-state index in [1.165, 1.54) is 0 Å². The van der Waals surface area contributed by atoms with E-state index in [0.29, 0.717) is 5.41 Å². The molecule has 0 aliphatic rings.